The Balaban J connectivity index is 2.18. The number of phenolic OH excluding ortho intramolecular Hbond substituents is 2. The number of hydrogen-bond donors (Lipinski definition) is 3. The van der Waals surface area contributed by atoms with Crippen LogP contribution >= 0.6 is 0 Å². The lowest BCUT2D eigenvalue weighted by atomic mass is 10.0. The molecular formula is C16H17NO5. The standard InChI is InChI=1S/C16H17NO5/c1-2-7-17-14(19)9-22-16(21)12-8-13(18)10-5-3-4-6-11(10)15(12)20/h3-6,8,18,20H,2,7,9H2,1H3,(H,17,19). The molecule has 0 aliphatic rings. The molecule has 0 heterocycles. The number of rotatable bonds is 5. The lowest BCUT2D eigenvalue weighted by Gasteiger charge is -2.10. The molecule has 2 aromatic carbocycles. The van der Waals surface area contributed by atoms with Gasteiger partial charge in [0, 0.05) is 17.3 Å². The minimum Gasteiger partial charge on any atom is -0.507 e. The lowest BCUT2D eigenvalue weighted by molar-refractivity contribution is -0.124. The molecule has 0 spiro atoms. The van der Waals surface area contributed by atoms with Gasteiger partial charge in [0.2, 0.25) is 0 Å². The molecule has 1 amide bonds. The number of nitrogens with one attached hydrogen (secondary N) is 1. The first-order valence-electron chi connectivity index (χ1n) is 6.92. The van der Waals surface area contributed by atoms with E-state index in [1.165, 1.54) is 0 Å². The third-order valence-corrected chi connectivity index (χ3v) is 3.12. The molecule has 0 saturated carbocycles. The zero-order chi connectivity index (χ0) is 16.1. The molecule has 0 aromatic heterocycles. The van der Waals surface area contributed by atoms with Crippen molar-refractivity contribution in [2.24, 2.45) is 0 Å². The van der Waals surface area contributed by atoms with Gasteiger partial charge in [-0.15, -0.1) is 0 Å². The van der Waals surface area contributed by atoms with E-state index >= 15 is 0 Å². The van der Waals surface area contributed by atoms with Crippen LogP contribution in [-0.2, 0) is 9.53 Å². The van der Waals surface area contributed by atoms with Crippen molar-refractivity contribution in [2.45, 2.75) is 13.3 Å². The van der Waals surface area contributed by atoms with Crippen LogP contribution in [0.4, 0.5) is 0 Å². The summed E-state index contributed by atoms with van der Waals surface area (Å²) in [6, 6.07) is 7.71. The number of fused-ring (bicyclic) bond motifs is 1. The van der Waals surface area contributed by atoms with E-state index in [1.54, 1.807) is 24.3 Å². The molecule has 0 atom stereocenters. The summed E-state index contributed by atoms with van der Waals surface area (Å²) in [4.78, 5) is 23.4. The summed E-state index contributed by atoms with van der Waals surface area (Å²) in [7, 11) is 0. The molecular weight excluding hydrogens is 286 g/mol. The molecule has 3 N–H and O–H groups in total. The Bertz CT molecular complexity index is 711. The number of esters is 1. The van der Waals surface area contributed by atoms with Gasteiger partial charge in [-0.25, -0.2) is 4.79 Å². The average Bonchev–Trinajstić information content (AvgIpc) is 2.54. The molecule has 6 nitrogen and oxygen atoms in total. The quantitative estimate of drug-likeness (QED) is 0.579. The van der Waals surface area contributed by atoms with E-state index in [2.05, 4.69) is 5.32 Å². The molecule has 0 radical (unpaired) electrons. The highest BCUT2D eigenvalue weighted by Crippen LogP contribution is 2.35. The Hall–Kier alpha value is -2.76. The van der Waals surface area contributed by atoms with Crippen molar-refractivity contribution >= 4 is 22.6 Å². The van der Waals surface area contributed by atoms with Gasteiger partial charge in [0.15, 0.2) is 6.61 Å². The number of benzene rings is 2. The molecule has 2 rings (SSSR count). The van der Waals surface area contributed by atoms with Crippen LogP contribution in [0.1, 0.15) is 23.7 Å². The van der Waals surface area contributed by atoms with Gasteiger partial charge in [0.1, 0.15) is 17.1 Å². The Morgan fingerprint density at radius 1 is 1.18 bits per heavy atom. The maximum atomic E-state index is 12.0. The predicted molar refractivity (Wildman–Crippen MR) is 80.9 cm³/mol. The van der Waals surface area contributed by atoms with Crippen LogP contribution in [0.2, 0.25) is 0 Å². The smallest absolute Gasteiger partial charge is 0.342 e. The Kier molecular flexibility index (Phi) is 4.83. The van der Waals surface area contributed by atoms with E-state index in [-0.39, 0.29) is 17.1 Å². The number of hydrogen-bond acceptors (Lipinski definition) is 5. The fourth-order valence-electron chi connectivity index (χ4n) is 2.02. The summed E-state index contributed by atoms with van der Waals surface area (Å²) in [6.45, 7) is 1.96. The Morgan fingerprint density at radius 2 is 1.86 bits per heavy atom. The molecule has 22 heavy (non-hydrogen) atoms. The van der Waals surface area contributed by atoms with E-state index in [0.29, 0.717) is 17.3 Å². The van der Waals surface area contributed by atoms with Crippen molar-refractivity contribution in [1.29, 1.82) is 0 Å². The van der Waals surface area contributed by atoms with Gasteiger partial charge >= 0.3 is 5.97 Å². The fraction of sp³-hybridized carbons (Fsp3) is 0.250. The summed E-state index contributed by atoms with van der Waals surface area (Å²) in [6.07, 6.45) is 0.777. The number of phenols is 2. The number of aromatic hydroxyl groups is 2. The maximum absolute atomic E-state index is 12.0. The second-order valence-electron chi connectivity index (χ2n) is 4.76. The molecule has 0 saturated heterocycles. The minimum atomic E-state index is -0.870. The molecule has 116 valence electrons. The van der Waals surface area contributed by atoms with Gasteiger partial charge < -0.3 is 20.3 Å². The number of amides is 1. The predicted octanol–water partition coefficient (Wildman–Crippen LogP) is 1.93. The normalized spacial score (nSPS) is 10.4. The van der Waals surface area contributed by atoms with Gasteiger partial charge in [0.25, 0.3) is 5.91 Å². The van der Waals surface area contributed by atoms with E-state index < -0.39 is 18.5 Å². The second-order valence-corrected chi connectivity index (χ2v) is 4.76. The molecule has 2 aromatic rings. The monoisotopic (exact) mass is 303 g/mol. The van der Waals surface area contributed by atoms with Crippen molar-refractivity contribution < 1.29 is 24.5 Å². The van der Waals surface area contributed by atoms with Gasteiger partial charge in [-0.3, -0.25) is 4.79 Å². The molecule has 0 unspecified atom stereocenters. The topological polar surface area (TPSA) is 95.9 Å². The Morgan fingerprint density at radius 3 is 2.55 bits per heavy atom. The summed E-state index contributed by atoms with van der Waals surface area (Å²) in [5, 5.41) is 23.4. The van der Waals surface area contributed by atoms with Crippen molar-refractivity contribution in [3.63, 3.8) is 0 Å². The van der Waals surface area contributed by atoms with Crippen LogP contribution in [0, 0.1) is 0 Å². The highest BCUT2D eigenvalue weighted by atomic mass is 16.5. The molecule has 0 aliphatic carbocycles. The zero-order valence-electron chi connectivity index (χ0n) is 12.1. The third-order valence-electron chi connectivity index (χ3n) is 3.12. The Labute approximate surface area is 127 Å². The van der Waals surface area contributed by atoms with Gasteiger partial charge in [0.05, 0.1) is 0 Å². The van der Waals surface area contributed by atoms with E-state index in [9.17, 15) is 19.8 Å². The van der Waals surface area contributed by atoms with Gasteiger partial charge in [-0.05, 0) is 12.5 Å². The molecule has 0 aliphatic heterocycles. The number of ether oxygens (including phenoxy) is 1. The fourth-order valence-corrected chi connectivity index (χ4v) is 2.02. The summed E-state index contributed by atoms with van der Waals surface area (Å²) in [5.74, 6) is -1.71. The van der Waals surface area contributed by atoms with Crippen molar-refractivity contribution in [3.05, 3.63) is 35.9 Å². The summed E-state index contributed by atoms with van der Waals surface area (Å²) in [5.41, 5.74) is -0.181. The minimum absolute atomic E-state index is 0.143. The highest BCUT2D eigenvalue weighted by molar-refractivity contribution is 6.04. The van der Waals surface area contributed by atoms with Crippen molar-refractivity contribution in [1.82, 2.24) is 5.32 Å². The summed E-state index contributed by atoms with van der Waals surface area (Å²) < 4.78 is 4.85. The lowest BCUT2D eigenvalue weighted by Crippen LogP contribution is -2.29. The molecule has 0 bridgehead atoms. The molecule has 0 fully saturated rings. The van der Waals surface area contributed by atoms with Crippen molar-refractivity contribution in [2.75, 3.05) is 13.2 Å². The van der Waals surface area contributed by atoms with E-state index in [4.69, 9.17) is 4.74 Å². The van der Waals surface area contributed by atoms with Gasteiger partial charge in [-0.2, -0.15) is 0 Å². The van der Waals surface area contributed by atoms with Crippen LogP contribution in [-0.4, -0.2) is 35.2 Å². The molecule has 6 heteroatoms. The van der Waals surface area contributed by atoms with E-state index in [0.717, 1.165) is 12.5 Å². The first-order chi connectivity index (χ1) is 10.5. The van der Waals surface area contributed by atoms with Crippen LogP contribution in [0.15, 0.2) is 30.3 Å². The van der Waals surface area contributed by atoms with Crippen LogP contribution in [0.25, 0.3) is 10.8 Å². The van der Waals surface area contributed by atoms with Crippen LogP contribution in [0.5, 0.6) is 11.5 Å². The first-order valence-corrected chi connectivity index (χ1v) is 6.92. The van der Waals surface area contributed by atoms with E-state index in [1.807, 2.05) is 6.92 Å². The van der Waals surface area contributed by atoms with Crippen molar-refractivity contribution in [3.8, 4) is 11.5 Å². The average molecular weight is 303 g/mol. The van der Waals surface area contributed by atoms with Crippen LogP contribution < -0.4 is 5.32 Å². The number of carbonyl (C=O) groups excluding carboxylic acids is 2. The zero-order valence-corrected chi connectivity index (χ0v) is 12.1. The largest absolute Gasteiger partial charge is 0.507 e. The van der Waals surface area contributed by atoms with Crippen LogP contribution in [0.3, 0.4) is 0 Å². The summed E-state index contributed by atoms with van der Waals surface area (Å²) >= 11 is 0. The first kappa shape index (κ1) is 15.6. The highest BCUT2D eigenvalue weighted by Gasteiger charge is 2.18. The van der Waals surface area contributed by atoms with Gasteiger partial charge in [-0.1, -0.05) is 31.2 Å². The SMILES string of the molecule is CCCNC(=O)COC(=O)c1cc(O)c2ccccc2c1O. The maximum Gasteiger partial charge on any atom is 0.342 e. The second kappa shape index (κ2) is 6.80. The third kappa shape index (κ3) is 3.28. The number of carbonyl (C=O) groups is 2.